The molecular weight excluding hydrogens is 196 g/mol. The first-order valence-electron chi connectivity index (χ1n) is 6.97. The van der Waals surface area contributed by atoms with Crippen molar-refractivity contribution in [2.75, 3.05) is 19.6 Å². The molecule has 0 aliphatic carbocycles. The summed E-state index contributed by atoms with van der Waals surface area (Å²) >= 11 is 0. The van der Waals surface area contributed by atoms with E-state index in [1.165, 1.54) is 25.8 Å². The van der Waals surface area contributed by atoms with Crippen LogP contribution in [0.3, 0.4) is 0 Å². The van der Waals surface area contributed by atoms with Crippen LogP contribution in [0.25, 0.3) is 0 Å². The van der Waals surface area contributed by atoms with Crippen LogP contribution < -0.4 is 5.73 Å². The maximum atomic E-state index is 5.85. The van der Waals surface area contributed by atoms with Crippen molar-refractivity contribution in [3.8, 4) is 0 Å². The quantitative estimate of drug-likeness (QED) is 0.614. The molecule has 2 N–H and O–H groups in total. The van der Waals surface area contributed by atoms with Crippen molar-refractivity contribution >= 4 is 0 Å². The van der Waals surface area contributed by atoms with Crippen LogP contribution in [-0.4, -0.2) is 30.6 Å². The van der Waals surface area contributed by atoms with Gasteiger partial charge in [0.2, 0.25) is 0 Å². The molecule has 0 bridgehead atoms. The number of nitrogens with zero attached hydrogens (tertiary/aromatic N) is 1. The van der Waals surface area contributed by atoms with Gasteiger partial charge in [0.25, 0.3) is 0 Å². The van der Waals surface area contributed by atoms with Crippen LogP contribution in [-0.2, 0) is 0 Å². The molecule has 0 aromatic heterocycles. The normalized spacial score (nSPS) is 14.1. The van der Waals surface area contributed by atoms with Crippen LogP contribution in [0.1, 0.15) is 53.9 Å². The minimum atomic E-state index is 0.643. The first kappa shape index (κ1) is 15.9. The fraction of sp³-hybridized carbons (Fsp3) is 1.00. The smallest absolute Gasteiger partial charge is 0.00387 e. The van der Waals surface area contributed by atoms with E-state index in [1.807, 2.05) is 0 Å². The minimum Gasteiger partial charge on any atom is -0.330 e. The Morgan fingerprint density at radius 1 is 1.06 bits per heavy atom. The molecule has 0 aliphatic rings. The van der Waals surface area contributed by atoms with E-state index in [-0.39, 0.29) is 0 Å². The molecule has 0 aromatic carbocycles. The average molecular weight is 228 g/mol. The van der Waals surface area contributed by atoms with E-state index in [0.717, 1.165) is 13.1 Å². The van der Waals surface area contributed by atoms with Gasteiger partial charge in [-0.05, 0) is 45.2 Å². The molecule has 0 aliphatic heterocycles. The third-order valence-electron chi connectivity index (χ3n) is 3.49. The van der Waals surface area contributed by atoms with Gasteiger partial charge in [0, 0.05) is 12.6 Å². The van der Waals surface area contributed by atoms with Crippen LogP contribution >= 0.6 is 0 Å². The van der Waals surface area contributed by atoms with E-state index in [4.69, 9.17) is 5.73 Å². The lowest BCUT2D eigenvalue weighted by Crippen LogP contribution is -2.40. The standard InChI is InChI=1S/C14H32N2/c1-6-7-8-9-16(13(4)5)11-14(10-15)12(2)3/h12-14H,6-11,15H2,1-5H3. The molecule has 16 heavy (non-hydrogen) atoms. The molecule has 2 heteroatoms. The molecule has 0 aromatic rings. The average Bonchev–Trinajstić information content (AvgIpc) is 2.22. The fourth-order valence-corrected chi connectivity index (χ4v) is 1.98. The molecule has 0 amide bonds. The largest absolute Gasteiger partial charge is 0.330 e. The van der Waals surface area contributed by atoms with Crippen LogP contribution in [0, 0.1) is 11.8 Å². The highest BCUT2D eigenvalue weighted by molar-refractivity contribution is 4.72. The highest BCUT2D eigenvalue weighted by Gasteiger charge is 2.17. The highest BCUT2D eigenvalue weighted by atomic mass is 15.1. The van der Waals surface area contributed by atoms with Crippen molar-refractivity contribution in [2.45, 2.75) is 59.9 Å². The Labute approximate surface area is 103 Å². The predicted molar refractivity (Wildman–Crippen MR) is 73.6 cm³/mol. The topological polar surface area (TPSA) is 29.3 Å². The van der Waals surface area contributed by atoms with Crippen LogP contribution in [0.4, 0.5) is 0 Å². The van der Waals surface area contributed by atoms with Crippen LogP contribution in [0.2, 0.25) is 0 Å². The SMILES string of the molecule is CCCCCN(CC(CN)C(C)C)C(C)C. The summed E-state index contributed by atoms with van der Waals surface area (Å²) in [5.74, 6) is 1.33. The third kappa shape index (κ3) is 6.49. The Morgan fingerprint density at radius 2 is 1.69 bits per heavy atom. The van der Waals surface area contributed by atoms with Gasteiger partial charge in [0.05, 0.1) is 0 Å². The van der Waals surface area contributed by atoms with Gasteiger partial charge in [-0.3, -0.25) is 0 Å². The summed E-state index contributed by atoms with van der Waals surface area (Å²) in [6, 6.07) is 0.643. The number of hydrogen-bond acceptors (Lipinski definition) is 2. The first-order chi connectivity index (χ1) is 7.52. The summed E-state index contributed by atoms with van der Waals surface area (Å²) in [6.07, 6.45) is 3.97. The van der Waals surface area contributed by atoms with Crippen molar-refractivity contribution < 1.29 is 0 Å². The number of rotatable bonds is 9. The van der Waals surface area contributed by atoms with Crippen molar-refractivity contribution in [1.82, 2.24) is 4.90 Å². The van der Waals surface area contributed by atoms with Crippen LogP contribution in [0.5, 0.6) is 0 Å². The molecule has 2 nitrogen and oxygen atoms in total. The summed E-state index contributed by atoms with van der Waals surface area (Å²) in [6.45, 7) is 14.6. The predicted octanol–water partition coefficient (Wildman–Crippen LogP) is 3.12. The van der Waals surface area contributed by atoms with Gasteiger partial charge in [-0.2, -0.15) is 0 Å². The Bertz CT molecular complexity index is 155. The van der Waals surface area contributed by atoms with E-state index in [9.17, 15) is 0 Å². The van der Waals surface area contributed by atoms with Gasteiger partial charge in [-0.25, -0.2) is 0 Å². The van der Waals surface area contributed by atoms with E-state index >= 15 is 0 Å². The third-order valence-corrected chi connectivity index (χ3v) is 3.49. The van der Waals surface area contributed by atoms with Crippen molar-refractivity contribution in [3.63, 3.8) is 0 Å². The van der Waals surface area contributed by atoms with E-state index in [1.54, 1.807) is 0 Å². The molecular formula is C14H32N2. The Hall–Kier alpha value is -0.0800. The van der Waals surface area contributed by atoms with Crippen LogP contribution in [0.15, 0.2) is 0 Å². The number of hydrogen-bond donors (Lipinski definition) is 1. The molecule has 0 saturated heterocycles. The summed E-state index contributed by atoms with van der Waals surface area (Å²) in [7, 11) is 0. The molecule has 0 fully saturated rings. The van der Waals surface area contributed by atoms with Crippen molar-refractivity contribution in [1.29, 1.82) is 0 Å². The van der Waals surface area contributed by atoms with Gasteiger partial charge in [-0.15, -0.1) is 0 Å². The molecule has 1 unspecified atom stereocenters. The summed E-state index contributed by atoms with van der Waals surface area (Å²) in [5.41, 5.74) is 5.85. The monoisotopic (exact) mass is 228 g/mol. The molecule has 0 heterocycles. The van der Waals surface area contributed by atoms with Gasteiger partial charge < -0.3 is 10.6 Å². The summed E-state index contributed by atoms with van der Waals surface area (Å²) in [5, 5.41) is 0. The van der Waals surface area contributed by atoms with Gasteiger partial charge >= 0.3 is 0 Å². The highest BCUT2D eigenvalue weighted by Crippen LogP contribution is 2.14. The Kier molecular flexibility index (Phi) is 8.96. The molecule has 0 spiro atoms. The molecule has 0 radical (unpaired) electrons. The maximum Gasteiger partial charge on any atom is 0.00387 e. The van der Waals surface area contributed by atoms with E-state index < -0.39 is 0 Å². The van der Waals surface area contributed by atoms with Crippen molar-refractivity contribution in [3.05, 3.63) is 0 Å². The number of nitrogens with two attached hydrogens (primary N) is 1. The van der Waals surface area contributed by atoms with E-state index in [2.05, 4.69) is 39.5 Å². The molecule has 98 valence electrons. The van der Waals surface area contributed by atoms with Gasteiger partial charge in [0.15, 0.2) is 0 Å². The van der Waals surface area contributed by atoms with E-state index in [0.29, 0.717) is 17.9 Å². The Balaban J connectivity index is 4.09. The minimum absolute atomic E-state index is 0.643. The molecule has 0 saturated carbocycles. The second kappa shape index (κ2) is 9.00. The first-order valence-corrected chi connectivity index (χ1v) is 6.97. The number of unbranched alkanes of at least 4 members (excludes halogenated alkanes) is 2. The summed E-state index contributed by atoms with van der Waals surface area (Å²) < 4.78 is 0. The summed E-state index contributed by atoms with van der Waals surface area (Å²) in [4.78, 5) is 2.59. The molecule has 1 atom stereocenters. The lowest BCUT2D eigenvalue weighted by molar-refractivity contribution is 0.165. The van der Waals surface area contributed by atoms with Gasteiger partial charge in [0.1, 0.15) is 0 Å². The second-order valence-corrected chi connectivity index (χ2v) is 5.54. The zero-order chi connectivity index (χ0) is 12.6. The zero-order valence-corrected chi connectivity index (χ0v) is 12.0. The Morgan fingerprint density at radius 3 is 2.06 bits per heavy atom. The fourth-order valence-electron chi connectivity index (χ4n) is 1.98. The lowest BCUT2D eigenvalue weighted by atomic mass is 9.95. The zero-order valence-electron chi connectivity index (χ0n) is 12.0. The lowest BCUT2D eigenvalue weighted by Gasteiger charge is -2.32. The van der Waals surface area contributed by atoms with Gasteiger partial charge in [-0.1, -0.05) is 33.6 Å². The maximum absolute atomic E-state index is 5.85. The second-order valence-electron chi connectivity index (χ2n) is 5.54. The van der Waals surface area contributed by atoms with Crippen molar-refractivity contribution in [2.24, 2.45) is 17.6 Å². The molecule has 0 rings (SSSR count).